The topological polar surface area (TPSA) is 79.3 Å². The number of hydrogen-bond acceptors (Lipinski definition) is 4. The normalized spacial score (nSPS) is 14.7. The van der Waals surface area contributed by atoms with Gasteiger partial charge in [-0.05, 0) is 72.6 Å². The summed E-state index contributed by atoms with van der Waals surface area (Å²) < 4.78 is 5.96. The summed E-state index contributed by atoms with van der Waals surface area (Å²) in [6.45, 7) is 3.28. The molecule has 1 fully saturated rings. The summed E-state index contributed by atoms with van der Waals surface area (Å²) in [5.41, 5.74) is 9.19. The lowest BCUT2D eigenvalue weighted by atomic mass is 9.76. The Morgan fingerprint density at radius 3 is 2.46 bits per heavy atom. The Morgan fingerprint density at radius 2 is 1.76 bits per heavy atom. The van der Waals surface area contributed by atoms with Crippen LogP contribution in [-0.2, 0) is 6.54 Å². The zero-order chi connectivity index (χ0) is 25.9. The van der Waals surface area contributed by atoms with Crippen LogP contribution in [0.1, 0.15) is 71.5 Å². The molecule has 1 aliphatic rings. The van der Waals surface area contributed by atoms with E-state index in [0.717, 1.165) is 26.1 Å². The molecule has 3 aromatic carbocycles. The van der Waals surface area contributed by atoms with Crippen LogP contribution >= 0.6 is 0 Å². The molecule has 1 aliphatic carbocycles. The summed E-state index contributed by atoms with van der Waals surface area (Å²) in [5.74, 6) is 1.41. The summed E-state index contributed by atoms with van der Waals surface area (Å²) in [5, 5.41) is 9.18. The van der Waals surface area contributed by atoms with Crippen molar-refractivity contribution >= 4 is 5.91 Å². The second-order valence-corrected chi connectivity index (χ2v) is 10.1. The first-order valence-corrected chi connectivity index (χ1v) is 13.4. The number of nitriles is 1. The van der Waals surface area contributed by atoms with Crippen molar-refractivity contribution < 1.29 is 9.53 Å². The summed E-state index contributed by atoms with van der Waals surface area (Å²) in [7, 11) is 0. The monoisotopic (exact) mass is 495 g/mol. The van der Waals surface area contributed by atoms with Crippen molar-refractivity contribution in [1.82, 2.24) is 4.90 Å². The van der Waals surface area contributed by atoms with Crippen LogP contribution in [0, 0.1) is 17.2 Å². The smallest absolute Gasteiger partial charge is 0.248 e. The van der Waals surface area contributed by atoms with E-state index in [1.165, 1.54) is 43.2 Å². The molecule has 0 spiro atoms. The van der Waals surface area contributed by atoms with Crippen molar-refractivity contribution in [2.75, 3.05) is 19.7 Å². The maximum Gasteiger partial charge on any atom is 0.248 e. The van der Waals surface area contributed by atoms with E-state index in [9.17, 15) is 10.1 Å². The third kappa shape index (κ3) is 7.93. The van der Waals surface area contributed by atoms with Gasteiger partial charge in [0.15, 0.2) is 0 Å². The van der Waals surface area contributed by atoms with Gasteiger partial charge in [-0.1, -0.05) is 67.8 Å². The minimum atomic E-state index is -0.450. The Bertz CT molecular complexity index is 1160. The number of amides is 1. The standard InChI is InChI=1S/C32H37N3O2/c33-22-25-15-17-26(18-16-25)23-35(19-8-20-37-30-14-7-13-29(21-30)32(34)36)24-31(27-9-3-1-4-10-27)28-11-5-2-6-12-28/h1,3-4,7,9-10,13-18,21,28,31H,2,5-6,8,11-12,19-20,23-24H2,(H2,34,36). The Kier molecular flexibility index (Phi) is 9.74. The molecule has 0 bridgehead atoms. The molecule has 0 saturated heterocycles. The number of benzene rings is 3. The van der Waals surface area contributed by atoms with E-state index < -0.39 is 5.91 Å². The van der Waals surface area contributed by atoms with E-state index in [-0.39, 0.29) is 0 Å². The first-order chi connectivity index (χ1) is 18.1. The molecule has 5 nitrogen and oxygen atoms in total. The van der Waals surface area contributed by atoms with E-state index in [1.54, 1.807) is 18.2 Å². The maximum absolute atomic E-state index is 11.5. The number of hydrogen-bond donors (Lipinski definition) is 1. The zero-order valence-electron chi connectivity index (χ0n) is 21.5. The highest BCUT2D eigenvalue weighted by Gasteiger charge is 2.27. The van der Waals surface area contributed by atoms with Gasteiger partial charge in [-0.3, -0.25) is 9.69 Å². The predicted octanol–water partition coefficient (Wildman–Crippen LogP) is 6.29. The van der Waals surface area contributed by atoms with Gasteiger partial charge in [-0.25, -0.2) is 0 Å². The molecule has 1 saturated carbocycles. The SMILES string of the molecule is N#Cc1ccc(CN(CCCOc2cccc(C(N)=O)c2)CC(c2ccccc2)C2CCCCC2)cc1. The number of primary amides is 1. The van der Waals surface area contributed by atoms with Crippen molar-refractivity contribution in [2.45, 2.75) is 51.0 Å². The zero-order valence-corrected chi connectivity index (χ0v) is 21.5. The number of nitrogens with zero attached hydrogens (tertiary/aromatic N) is 2. The second kappa shape index (κ2) is 13.6. The van der Waals surface area contributed by atoms with Gasteiger partial charge in [0.1, 0.15) is 5.75 Å². The van der Waals surface area contributed by atoms with Crippen LogP contribution in [0.15, 0.2) is 78.9 Å². The van der Waals surface area contributed by atoms with E-state index in [4.69, 9.17) is 10.5 Å². The average Bonchev–Trinajstić information content (AvgIpc) is 2.95. The summed E-state index contributed by atoms with van der Waals surface area (Å²) in [6, 6.07) is 28.2. The molecule has 0 aromatic heterocycles. The van der Waals surface area contributed by atoms with E-state index in [2.05, 4.69) is 53.4 Å². The minimum Gasteiger partial charge on any atom is -0.494 e. The van der Waals surface area contributed by atoms with Crippen LogP contribution in [0.2, 0.25) is 0 Å². The molecule has 5 heteroatoms. The summed E-state index contributed by atoms with van der Waals surface area (Å²) in [6.07, 6.45) is 7.45. The highest BCUT2D eigenvalue weighted by atomic mass is 16.5. The molecule has 1 unspecified atom stereocenters. The molecular weight excluding hydrogens is 458 g/mol. The highest BCUT2D eigenvalue weighted by molar-refractivity contribution is 5.93. The van der Waals surface area contributed by atoms with Crippen molar-refractivity contribution in [3.63, 3.8) is 0 Å². The fourth-order valence-corrected chi connectivity index (χ4v) is 5.44. The van der Waals surface area contributed by atoms with Gasteiger partial charge in [0.05, 0.1) is 18.2 Å². The summed E-state index contributed by atoms with van der Waals surface area (Å²) in [4.78, 5) is 14.0. The van der Waals surface area contributed by atoms with Gasteiger partial charge in [0.2, 0.25) is 5.91 Å². The van der Waals surface area contributed by atoms with Gasteiger partial charge in [0.25, 0.3) is 0 Å². The molecule has 3 aromatic rings. The van der Waals surface area contributed by atoms with Gasteiger partial charge in [0, 0.05) is 25.2 Å². The van der Waals surface area contributed by atoms with Crippen LogP contribution < -0.4 is 10.5 Å². The Balaban J connectivity index is 1.45. The lowest BCUT2D eigenvalue weighted by Crippen LogP contribution is -2.33. The van der Waals surface area contributed by atoms with Gasteiger partial charge in [-0.15, -0.1) is 0 Å². The molecule has 0 heterocycles. The van der Waals surface area contributed by atoms with Crippen LogP contribution in [0.25, 0.3) is 0 Å². The average molecular weight is 496 g/mol. The Morgan fingerprint density at radius 1 is 1.00 bits per heavy atom. The molecule has 0 aliphatic heterocycles. The summed E-state index contributed by atoms with van der Waals surface area (Å²) >= 11 is 0. The van der Waals surface area contributed by atoms with E-state index in [1.807, 2.05) is 18.2 Å². The van der Waals surface area contributed by atoms with Gasteiger partial charge < -0.3 is 10.5 Å². The van der Waals surface area contributed by atoms with Crippen LogP contribution in [-0.4, -0.2) is 30.5 Å². The molecule has 192 valence electrons. The first-order valence-electron chi connectivity index (χ1n) is 13.4. The third-order valence-electron chi connectivity index (χ3n) is 7.40. The van der Waals surface area contributed by atoms with E-state index >= 15 is 0 Å². The molecule has 4 rings (SSSR count). The Labute approximate surface area is 220 Å². The number of carbonyl (C=O) groups excluding carboxylic acids is 1. The van der Waals surface area contributed by atoms with Crippen LogP contribution in [0.5, 0.6) is 5.75 Å². The molecule has 2 N–H and O–H groups in total. The number of nitrogens with two attached hydrogens (primary N) is 1. The molecule has 37 heavy (non-hydrogen) atoms. The number of carbonyl (C=O) groups is 1. The van der Waals surface area contributed by atoms with Crippen molar-refractivity contribution in [2.24, 2.45) is 11.7 Å². The van der Waals surface area contributed by atoms with Crippen LogP contribution in [0.3, 0.4) is 0 Å². The first kappa shape index (κ1) is 26.4. The number of ether oxygens (including phenoxy) is 1. The highest BCUT2D eigenvalue weighted by Crippen LogP contribution is 2.37. The minimum absolute atomic E-state index is 0.450. The molecular formula is C32H37N3O2. The predicted molar refractivity (Wildman–Crippen MR) is 147 cm³/mol. The molecule has 1 atom stereocenters. The molecule has 0 radical (unpaired) electrons. The van der Waals surface area contributed by atoms with Crippen molar-refractivity contribution in [3.8, 4) is 11.8 Å². The van der Waals surface area contributed by atoms with Gasteiger partial charge in [-0.2, -0.15) is 5.26 Å². The fourth-order valence-electron chi connectivity index (χ4n) is 5.44. The molecule has 1 amide bonds. The van der Waals surface area contributed by atoms with Crippen LogP contribution in [0.4, 0.5) is 0 Å². The Hall–Kier alpha value is -3.62. The largest absolute Gasteiger partial charge is 0.494 e. The van der Waals surface area contributed by atoms with Crippen molar-refractivity contribution in [1.29, 1.82) is 5.26 Å². The van der Waals surface area contributed by atoms with E-state index in [0.29, 0.717) is 35.3 Å². The van der Waals surface area contributed by atoms with Gasteiger partial charge >= 0.3 is 0 Å². The number of rotatable bonds is 12. The quantitative estimate of drug-likeness (QED) is 0.299. The fraction of sp³-hybridized carbons (Fsp3) is 0.375. The maximum atomic E-state index is 11.5. The van der Waals surface area contributed by atoms with Crippen molar-refractivity contribution in [3.05, 3.63) is 101 Å². The lowest BCUT2D eigenvalue weighted by molar-refractivity contribution is 0.0999. The lowest BCUT2D eigenvalue weighted by Gasteiger charge is -2.35. The third-order valence-corrected chi connectivity index (χ3v) is 7.40. The second-order valence-electron chi connectivity index (χ2n) is 10.1.